The largest absolute Gasteiger partial charge is 0.481 e. The molecule has 0 radical (unpaired) electrons. The summed E-state index contributed by atoms with van der Waals surface area (Å²) in [7, 11) is 0. The van der Waals surface area contributed by atoms with Gasteiger partial charge in [-0.3, -0.25) is 9.59 Å². The van der Waals surface area contributed by atoms with Crippen molar-refractivity contribution in [3.8, 4) is 0 Å². The molecule has 0 aromatic carbocycles. The predicted octanol–water partition coefficient (Wildman–Crippen LogP) is 2.10. The molecule has 0 fully saturated rings. The number of rotatable bonds is 6. The normalized spacial score (nSPS) is 17.1. The van der Waals surface area contributed by atoms with Gasteiger partial charge in [0.25, 0.3) is 0 Å². The zero-order chi connectivity index (χ0) is 12.7. The molecule has 4 heteroatoms. The van der Waals surface area contributed by atoms with Crippen molar-refractivity contribution in [1.29, 1.82) is 0 Å². The molecule has 96 valence electrons. The molecule has 0 aromatic heterocycles. The fraction of sp³-hybridized carbons (Fsp3) is 0.692. The number of aliphatic carboxylic acids is 1. The second-order valence-electron chi connectivity index (χ2n) is 4.66. The maximum atomic E-state index is 11.6. The average molecular weight is 239 g/mol. The standard InChI is InChI=1S/C13H21NO3/c1-10(13(16)17)7-8-14-12(15)9-11-5-3-2-4-6-11/h5,10H,2-4,6-9H2,1H3,(H,14,15)(H,16,17). The Morgan fingerprint density at radius 1 is 1.47 bits per heavy atom. The van der Waals surface area contributed by atoms with E-state index in [0.717, 1.165) is 12.8 Å². The van der Waals surface area contributed by atoms with Crippen LogP contribution in [0.5, 0.6) is 0 Å². The van der Waals surface area contributed by atoms with Crippen LogP contribution in [0.15, 0.2) is 11.6 Å². The molecule has 1 unspecified atom stereocenters. The third-order valence-corrected chi connectivity index (χ3v) is 3.09. The van der Waals surface area contributed by atoms with Crippen molar-refractivity contribution in [2.24, 2.45) is 5.92 Å². The monoisotopic (exact) mass is 239 g/mol. The maximum absolute atomic E-state index is 11.6. The lowest BCUT2D eigenvalue weighted by Gasteiger charge is -2.13. The second kappa shape index (κ2) is 7.09. The summed E-state index contributed by atoms with van der Waals surface area (Å²) in [5.74, 6) is -1.20. The van der Waals surface area contributed by atoms with Gasteiger partial charge in [0.2, 0.25) is 5.91 Å². The van der Waals surface area contributed by atoms with Crippen molar-refractivity contribution in [1.82, 2.24) is 5.32 Å². The molecule has 1 aliphatic carbocycles. The van der Waals surface area contributed by atoms with Crippen LogP contribution in [-0.4, -0.2) is 23.5 Å². The molecule has 0 aliphatic heterocycles. The van der Waals surface area contributed by atoms with Crippen LogP contribution in [-0.2, 0) is 9.59 Å². The molecule has 0 bridgehead atoms. The van der Waals surface area contributed by atoms with Gasteiger partial charge >= 0.3 is 5.97 Å². The Bertz CT molecular complexity index is 310. The van der Waals surface area contributed by atoms with E-state index in [-0.39, 0.29) is 5.91 Å². The SMILES string of the molecule is CC(CCNC(=O)CC1=CCCCC1)C(=O)O. The van der Waals surface area contributed by atoms with Gasteiger partial charge in [-0.15, -0.1) is 0 Å². The fourth-order valence-electron chi connectivity index (χ4n) is 1.89. The van der Waals surface area contributed by atoms with E-state index in [4.69, 9.17) is 5.11 Å². The Hall–Kier alpha value is -1.32. The Morgan fingerprint density at radius 2 is 2.24 bits per heavy atom. The Balaban J connectivity index is 2.17. The summed E-state index contributed by atoms with van der Waals surface area (Å²) < 4.78 is 0. The number of hydrogen-bond acceptors (Lipinski definition) is 2. The number of allylic oxidation sites excluding steroid dienone is 1. The third kappa shape index (κ3) is 5.52. The number of carbonyl (C=O) groups excluding carboxylic acids is 1. The van der Waals surface area contributed by atoms with E-state index in [1.807, 2.05) is 0 Å². The molecule has 0 aromatic rings. The van der Waals surface area contributed by atoms with Gasteiger partial charge in [0.15, 0.2) is 0 Å². The van der Waals surface area contributed by atoms with Crippen LogP contribution < -0.4 is 5.32 Å². The van der Waals surface area contributed by atoms with E-state index in [1.165, 1.54) is 18.4 Å². The van der Waals surface area contributed by atoms with Crippen molar-refractivity contribution in [3.63, 3.8) is 0 Å². The molecule has 1 aliphatic rings. The maximum Gasteiger partial charge on any atom is 0.306 e. The first-order chi connectivity index (χ1) is 8.09. The minimum atomic E-state index is -0.811. The van der Waals surface area contributed by atoms with E-state index in [9.17, 15) is 9.59 Å². The molecule has 1 atom stereocenters. The summed E-state index contributed by atoms with van der Waals surface area (Å²) in [5.41, 5.74) is 1.22. The number of hydrogen-bond donors (Lipinski definition) is 2. The highest BCUT2D eigenvalue weighted by atomic mass is 16.4. The number of amides is 1. The second-order valence-corrected chi connectivity index (χ2v) is 4.66. The van der Waals surface area contributed by atoms with Crippen LogP contribution in [0.25, 0.3) is 0 Å². The van der Waals surface area contributed by atoms with Gasteiger partial charge in [0.05, 0.1) is 5.92 Å². The summed E-state index contributed by atoms with van der Waals surface area (Å²) in [6, 6.07) is 0. The first kappa shape index (κ1) is 13.7. The van der Waals surface area contributed by atoms with Crippen LogP contribution in [0.4, 0.5) is 0 Å². The summed E-state index contributed by atoms with van der Waals surface area (Å²) >= 11 is 0. The first-order valence-electron chi connectivity index (χ1n) is 6.27. The smallest absolute Gasteiger partial charge is 0.306 e. The highest BCUT2D eigenvalue weighted by molar-refractivity contribution is 5.78. The van der Waals surface area contributed by atoms with Gasteiger partial charge in [-0.2, -0.15) is 0 Å². The fourth-order valence-corrected chi connectivity index (χ4v) is 1.89. The molecule has 4 nitrogen and oxygen atoms in total. The molecule has 17 heavy (non-hydrogen) atoms. The number of carboxylic acids is 1. The van der Waals surface area contributed by atoms with Crippen molar-refractivity contribution >= 4 is 11.9 Å². The van der Waals surface area contributed by atoms with Crippen molar-refractivity contribution in [2.75, 3.05) is 6.54 Å². The van der Waals surface area contributed by atoms with E-state index in [0.29, 0.717) is 19.4 Å². The van der Waals surface area contributed by atoms with Crippen molar-refractivity contribution in [3.05, 3.63) is 11.6 Å². The zero-order valence-electron chi connectivity index (χ0n) is 10.4. The number of nitrogens with one attached hydrogen (secondary N) is 1. The Kier molecular flexibility index (Phi) is 5.73. The first-order valence-corrected chi connectivity index (χ1v) is 6.27. The topological polar surface area (TPSA) is 66.4 Å². The van der Waals surface area contributed by atoms with Crippen LogP contribution in [0.2, 0.25) is 0 Å². The van der Waals surface area contributed by atoms with E-state index < -0.39 is 11.9 Å². The molecular formula is C13H21NO3. The Morgan fingerprint density at radius 3 is 2.82 bits per heavy atom. The quantitative estimate of drug-likeness (QED) is 0.697. The van der Waals surface area contributed by atoms with Gasteiger partial charge in [-0.25, -0.2) is 0 Å². The van der Waals surface area contributed by atoms with Crippen LogP contribution in [0.3, 0.4) is 0 Å². The highest BCUT2D eigenvalue weighted by Crippen LogP contribution is 2.19. The molecule has 1 rings (SSSR count). The molecule has 1 amide bonds. The summed E-state index contributed by atoms with van der Waals surface area (Å²) in [6.45, 7) is 2.09. The molecule has 0 saturated carbocycles. The molecule has 2 N–H and O–H groups in total. The van der Waals surface area contributed by atoms with Gasteiger partial charge in [0.1, 0.15) is 0 Å². The lowest BCUT2D eigenvalue weighted by molar-refractivity contribution is -0.141. The van der Waals surface area contributed by atoms with Gasteiger partial charge < -0.3 is 10.4 Å². The molecule has 0 heterocycles. The third-order valence-electron chi connectivity index (χ3n) is 3.09. The van der Waals surface area contributed by atoms with Gasteiger partial charge in [0, 0.05) is 13.0 Å². The van der Waals surface area contributed by atoms with Crippen LogP contribution >= 0.6 is 0 Å². The Labute approximate surface area is 102 Å². The summed E-state index contributed by atoms with van der Waals surface area (Å²) in [6.07, 6.45) is 7.62. The highest BCUT2D eigenvalue weighted by Gasteiger charge is 2.12. The van der Waals surface area contributed by atoms with Crippen LogP contribution in [0, 0.1) is 5.92 Å². The molecule has 0 spiro atoms. The van der Waals surface area contributed by atoms with Crippen molar-refractivity contribution in [2.45, 2.75) is 45.4 Å². The van der Waals surface area contributed by atoms with E-state index >= 15 is 0 Å². The minimum Gasteiger partial charge on any atom is -0.481 e. The lowest BCUT2D eigenvalue weighted by Crippen LogP contribution is -2.27. The predicted molar refractivity (Wildman–Crippen MR) is 65.6 cm³/mol. The molecule has 0 saturated heterocycles. The van der Waals surface area contributed by atoms with Crippen molar-refractivity contribution < 1.29 is 14.7 Å². The lowest BCUT2D eigenvalue weighted by atomic mass is 9.97. The van der Waals surface area contributed by atoms with Gasteiger partial charge in [-0.05, 0) is 32.1 Å². The molecular weight excluding hydrogens is 218 g/mol. The number of carbonyl (C=O) groups is 2. The zero-order valence-corrected chi connectivity index (χ0v) is 10.4. The average Bonchev–Trinajstić information content (AvgIpc) is 2.30. The van der Waals surface area contributed by atoms with E-state index in [2.05, 4.69) is 11.4 Å². The summed E-state index contributed by atoms with van der Waals surface area (Å²) in [5, 5.41) is 11.5. The summed E-state index contributed by atoms with van der Waals surface area (Å²) in [4.78, 5) is 22.1. The van der Waals surface area contributed by atoms with Crippen LogP contribution in [0.1, 0.15) is 45.4 Å². The minimum absolute atomic E-state index is 0.00994. The van der Waals surface area contributed by atoms with E-state index in [1.54, 1.807) is 6.92 Å². The number of carboxylic acid groups (broad SMARTS) is 1. The van der Waals surface area contributed by atoms with Gasteiger partial charge in [-0.1, -0.05) is 18.6 Å².